The van der Waals surface area contributed by atoms with Gasteiger partial charge in [0.25, 0.3) is 0 Å². The number of hydrogen-bond donors (Lipinski definition) is 2. The number of primary amides is 1. The second-order valence-electron chi connectivity index (χ2n) is 4.94. The SMILES string of the molecule is CCNC(CCN(CC)CC)(C(N)=O)c1ccccc1. The molecule has 4 heteroatoms. The highest BCUT2D eigenvalue weighted by Crippen LogP contribution is 2.25. The molecule has 1 atom stereocenters. The van der Waals surface area contributed by atoms with E-state index < -0.39 is 5.54 Å². The van der Waals surface area contributed by atoms with E-state index in [1.807, 2.05) is 37.3 Å². The van der Waals surface area contributed by atoms with Crippen molar-refractivity contribution in [3.63, 3.8) is 0 Å². The summed E-state index contributed by atoms with van der Waals surface area (Å²) < 4.78 is 0. The van der Waals surface area contributed by atoms with E-state index in [0.29, 0.717) is 13.0 Å². The van der Waals surface area contributed by atoms with Crippen LogP contribution in [0.3, 0.4) is 0 Å². The Hall–Kier alpha value is -1.39. The molecule has 1 rings (SSSR count). The highest BCUT2D eigenvalue weighted by molar-refractivity contribution is 5.86. The number of rotatable bonds is 9. The predicted molar refractivity (Wildman–Crippen MR) is 83.4 cm³/mol. The highest BCUT2D eigenvalue weighted by atomic mass is 16.1. The van der Waals surface area contributed by atoms with Crippen LogP contribution < -0.4 is 11.1 Å². The van der Waals surface area contributed by atoms with E-state index in [0.717, 1.165) is 25.2 Å². The molecule has 0 aliphatic rings. The summed E-state index contributed by atoms with van der Waals surface area (Å²) in [7, 11) is 0. The first kappa shape index (κ1) is 16.7. The number of amides is 1. The number of hydrogen-bond acceptors (Lipinski definition) is 3. The molecule has 0 aromatic heterocycles. The van der Waals surface area contributed by atoms with Gasteiger partial charge < -0.3 is 10.6 Å². The van der Waals surface area contributed by atoms with Crippen LogP contribution in [0, 0.1) is 0 Å². The number of nitrogens with two attached hydrogens (primary N) is 1. The van der Waals surface area contributed by atoms with Crippen LogP contribution in [0.2, 0.25) is 0 Å². The normalized spacial score (nSPS) is 14.2. The molecule has 0 heterocycles. The highest BCUT2D eigenvalue weighted by Gasteiger charge is 2.37. The van der Waals surface area contributed by atoms with Gasteiger partial charge in [-0.2, -0.15) is 0 Å². The third kappa shape index (κ3) is 3.81. The van der Waals surface area contributed by atoms with Crippen LogP contribution in [0.4, 0.5) is 0 Å². The Kier molecular flexibility index (Phi) is 6.68. The van der Waals surface area contributed by atoms with Crippen molar-refractivity contribution in [2.45, 2.75) is 32.7 Å². The average molecular weight is 277 g/mol. The maximum absolute atomic E-state index is 12.1. The lowest BCUT2D eigenvalue weighted by molar-refractivity contribution is -0.125. The van der Waals surface area contributed by atoms with E-state index in [-0.39, 0.29) is 5.91 Å². The number of likely N-dealkylation sites (N-methyl/N-ethyl adjacent to an activating group) is 1. The van der Waals surface area contributed by atoms with E-state index in [9.17, 15) is 4.79 Å². The van der Waals surface area contributed by atoms with Crippen LogP contribution in [0.5, 0.6) is 0 Å². The van der Waals surface area contributed by atoms with Crippen LogP contribution in [-0.2, 0) is 10.3 Å². The van der Waals surface area contributed by atoms with Gasteiger partial charge >= 0.3 is 0 Å². The fraction of sp³-hybridized carbons (Fsp3) is 0.562. The van der Waals surface area contributed by atoms with Crippen molar-refractivity contribution in [2.75, 3.05) is 26.2 Å². The standard InChI is InChI=1S/C16H27N3O/c1-4-18-16(15(17)20,12-13-19(5-2)6-3)14-10-8-7-9-11-14/h7-11,18H,4-6,12-13H2,1-3H3,(H2,17,20). The Bertz CT molecular complexity index is 403. The predicted octanol–water partition coefficient (Wildman–Crippen LogP) is 1.71. The molecule has 4 nitrogen and oxygen atoms in total. The first-order valence-corrected chi connectivity index (χ1v) is 7.43. The molecule has 1 aromatic carbocycles. The van der Waals surface area contributed by atoms with E-state index in [1.54, 1.807) is 0 Å². The summed E-state index contributed by atoms with van der Waals surface area (Å²) in [6.45, 7) is 9.76. The molecule has 0 bridgehead atoms. The zero-order chi connectivity index (χ0) is 15.0. The average Bonchev–Trinajstić information content (AvgIpc) is 2.47. The van der Waals surface area contributed by atoms with Crippen LogP contribution in [0.1, 0.15) is 32.8 Å². The summed E-state index contributed by atoms with van der Waals surface area (Å²) in [5.74, 6) is -0.308. The first-order valence-electron chi connectivity index (χ1n) is 7.43. The van der Waals surface area contributed by atoms with Gasteiger partial charge in [0.05, 0.1) is 0 Å². The van der Waals surface area contributed by atoms with Crippen molar-refractivity contribution in [1.82, 2.24) is 10.2 Å². The zero-order valence-corrected chi connectivity index (χ0v) is 12.9. The van der Waals surface area contributed by atoms with E-state index in [4.69, 9.17) is 5.73 Å². The van der Waals surface area contributed by atoms with Gasteiger partial charge in [0.2, 0.25) is 5.91 Å². The van der Waals surface area contributed by atoms with Crippen LogP contribution in [-0.4, -0.2) is 37.0 Å². The number of nitrogens with zero attached hydrogens (tertiary/aromatic N) is 1. The van der Waals surface area contributed by atoms with Crippen molar-refractivity contribution in [2.24, 2.45) is 5.73 Å². The van der Waals surface area contributed by atoms with E-state index in [2.05, 4.69) is 24.1 Å². The molecular formula is C16H27N3O. The summed E-state index contributed by atoms with van der Waals surface area (Å²) in [5, 5.41) is 3.31. The van der Waals surface area contributed by atoms with E-state index in [1.165, 1.54) is 0 Å². The minimum absolute atomic E-state index is 0.308. The van der Waals surface area contributed by atoms with Crippen LogP contribution in [0.15, 0.2) is 30.3 Å². The lowest BCUT2D eigenvalue weighted by Crippen LogP contribution is -2.54. The van der Waals surface area contributed by atoms with Crippen molar-refractivity contribution in [3.8, 4) is 0 Å². The third-order valence-electron chi connectivity index (χ3n) is 3.86. The lowest BCUT2D eigenvalue weighted by atomic mass is 9.85. The molecule has 3 N–H and O–H groups in total. The molecule has 112 valence electrons. The fourth-order valence-corrected chi connectivity index (χ4v) is 2.58. The second kappa shape index (κ2) is 8.02. The molecule has 0 fully saturated rings. The molecule has 1 unspecified atom stereocenters. The topological polar surface area (TPSA) is 58.4 Å². The van der Waals surface area contributed by atoms with E-state index >= 15 is 0 Å². The number of carbonyl (C=O) groups is 1. The molecule has 0 aliphatic heterocycles. The fourth-order valence-electron chi connectivity index (χ4n) is 2.58. The lowest BCUT2D eigenvalue weighted by Gasteiger charge is -2.34. The van der Waals surface area contributed by atoms with Gasteiger partial charge in [-0.05, 0) is 31.6 Å². The second-order valence-corrected chi connectivity index (χ2v) is 4.94. The minimum atomic E-state index is -0.779. The van der Waals surface area contributed by atoms with Gasteiger partial charge in [0.1, 0.15) is 5.54 Å². The number of nitrogens with one attached hydrogen (secondary N) is 1. The van der Waals surface area contributed by atoms with Gasteiger partial charge in [-0.1, -0.05) is 51.1 Å². The molecule has 1 aromatic rings. The molecule has 1 amide bonds. The van der Waals surface area contributed by atoms with Gasteiger partial charge in [-0.25, -0.2) is 0 Å². The Morgan fingerprint density at radius 2 is 1.80 bits per heavy atom. The molecule has 0 aliphatic carbocycles. The molecule has 0 spiro atoms. The summed E-state index contributed by atoms with van der Waals surface area (Å²) >= 11 is 0. The maximum atomic E-state index is 12.1. The Labute approximate surface area is 122 Å². The monoisotopic (exact) mass is 277 g/mol. The summed E-state index contributed by atoms with van der Waals surface area (Å²) in [6.07, 6.45) is 0.682. The molecular weight excluding hydrogens is 250 g/mol. The van der Waals surface area contributed by atoms with Crippen molar-refractivity contribution in [1.29, 1.82) is 0 Å². The quantitative estimate of drug-likeness (QED) is 0.722. The van der Waals surface area contributed by atoms with Crippen molar-refractivity contribution >= 4 is 5.91 Å². The zero-order valence-electron chi connectivity index (χ0n) is 12.9. The third-order valence-corrected chi connectivity index (χ3v) is 3.86. The minimum Gasteiger partial charge on any atom is -0.368 e. The number of carbonyl (C=O) groups excluding carboxylic acids is 1. The van der Waals surface area contributed by atoms with Gasteiger partial charge in [0.15, 0.2) is 0 Å². The summed E-state index contributed by atoms with van der Waals surface area (Å²) in [5.41, 5.74) is 5.91. The van der Waals surface area contributed by atoms with Gasteiger partial charge in [0, 0.05) is 6.54 Å². The molecule has 20 heavy (non-hydrogen) atoms. The van der Waals surface area contributed by atoms with Gasteiger partial charge in [-0.15, -0.1) is 0 Å². The van der Waals surface area contributed by atoms with Gasteiger partial charge in [-0.3, -0.25) is 10.1 Å². The molecule has 0 radical (unpaired) electrons. The first-order chi connectivity index (χ1) is 9.60. The largest absolute Gasteiger partial charge is 0.368 e. The Morgan fingerprint density at radius 3 is 2.25 bits per heavy atom. The maximum Gasteiger partial charge on any atom is 0.242 e. The van der Waals surface area contributed by atoms with Crippen LogP contribution >= 0.6 is 0 Å². The Balaban J connectivity index is 3.03. The molecule has 0 saturated heterocycles. The van der Waals surface area contributed by atoms with Crippen LogP contribution in [0.25, 0.3) is 0 Å². The number of benzene rings is 1. The summed E-state index contributed by atoms with van der Waals surface area (Å²) in [4.78, 5) is 14.4. The molecule has 0 saturated carbocycles. The Morgan fingerprint density at radius 1 is 1.20 bits per heavy atom. The van der Waals surface area contributed by atoms with Crippen molar-refractivity contribution < 1.29 is 4.79 Å². The summed E-state index contributed by atoms with van der Waals surface area (Å²) in [6, 6.07) is 9.78. The van der Waals surface area contributed by atoms with Crippen molar-refractivity contribution in [3.05, 3.63) is 35.9 Å². The smallest absolute Gasteiger partial charge is 0.242 e.